The molecule has 0 saturated heterocycles. The molecule has 0 radical (unpaired) electrons. The lowest BCUT2D eigenvalue weighted by molar-refractivity contribution is 0.875. The quantitative estimate of drug-likeness (QED) is 0.945. The molecule has 17 heavy (non-hydrogen) atoms. The Bertz CT molecular complexity index is 528. The monoisotopic (exact) mass is 292 g/mol. The summed E-state index contributed by atoms with van der Waals surface area (Å²) in [5.41, 5.74) is 7.45. The summed E-state index contributed by atoms with van der Waals surface area (Å²) >= 11 is 3.44. The molecule has 0 unspecified atom stereocenters. The van der Waals surface area contributed by atoms with E-state index in [4.69, 9.17) is 5.73 Å². The lowest BCUT2D eigenvalue weighted by atomic mass is 10.2. The van der Waals surface area contributed by atoms with E-state index in [-0.39, 0.29) is 0 Å². The third-order valence-electron chi connectivity index (χ3n) is 2.28. The molecule has 0 fully saturated rings. The molecule has 0 aliphatic carbocycles. The summed E-state index contributed by atoms with van der Waals surface area (Å²) in [6.07, 6.45) is 3.63. The van der Waals surface area contributed by atoms with Gasteiger partial charge in [0, 0.05) is 22.4 Å². The van der Waals surface area contributed by atoms with E-state index in [1.807, 2.05) is 18.2 Å². The van der Waals surface area contributed by atoms with Gasteiger partial charge in [-0.3, -0.25) is 4.98 Å². The zero-order valence-corrected chi connectivity index (χ0v) is 11.1. The number of rotatable bonds is 3. The van der Waals surface area contributed by atoms with Gasteiger partial charge in [0.05, 0.1) is 0 Å². The van der Waals surface area contributed by atoms with Gasteiger partial charge >= 0.3 is 0 Å². The van der Waals surface area contributed by atoms with E-state index in [0.29, 0.717) is 11.6 Å². The van der Waals surface area contributed by atoms with Crippen molar-refractivity contribution in [2.24, 2.45) is 0 Å². The second kappa shape index (κ2) is 5.23. The Kier molecular flexibility index (Phi) is 3.68. The molecule has 2 aromatic rings. The lowest BCUT2D eigenvalue weighted by Gasteiger charge is -2.05. The van der Waals surface area contributed by atoms with Crippen molar-refractivity contribution in [3.63, 3.8) is 0 Å². The number of aromatic nitrogens is 3. The van der Waals surface area contributed by atoms with E-state index < -0.39 is 0 Å². The molecule has 0 aliphatic rings. The predicted molar refractivity (Wildman–Crippen MR) is 71.4 cm³/mol. The van der Waals surface area contributed by atoms with Gasteiger partial charge in [0.15, 0.2) is 5.82 Å². The average molecular weight is 293 g/mol. The lowest BCUT2D eigenvalue weighted by Crippen LogP contribution is -2.01. The van der Waals surface area contributed by atoms with Gasteiger partial charge in [0.1, 0.15) is 11.5 Å². The summed E-state index contributed by atoms with van der Waals surface area (Å²) in [5.74, 6) is 1.05. The highest BCUT2D eigenvalue weighted by atomic mass is 79.9. The maximum absolute atomic E-state index is 5.78. The number of nitrogen functional groups attached to an aromatic ring is 1. The molecular weight excluding hydrogens is 280 g/mol. The largest absolute Gasteiger partial charge is 0.384 e. The van der Waals surface area contributed by atoms with Gasteiger partial charge in [-0.05, 0) is 34.5 Å². The van der Waals surface area contributed by atoms with Gasteiger partial charge < -0.3 is 5.73 Å². The Morgan fingerprint density at radius 2 is 2.18 bits per heavy atom. The zero-order chi connectivity index (χ0) is 12.3. The van der Waals surface area contributed by atoms with Crippen molar-refractivity contribution in [2.45, 2.75) is 19.8 Å². The normalized spacial score (nSPS) is 10.5. The summed E-state index contributed by atoms with van der Waals surface area (Å²) in [6.45, 7) is 2.11. The van der Waals surface area contributed by atoms with Gasteiger partial charge in [0.25, 0.3) is 0 Å². The fraction of sp³-hybridized carbons (Fsp3) is 0.250. The first-order valence-corrected chi connectivity index (χ1v) is 6.24. The summed E-state index contributed by atoms with van der Waals surface area (Å²) in [4.78, 5) is 13.0. The van der Waals surface area contributed by atoms with Gasteiger partial charge in [-0.2, -0.15) is 0 Å². The molecular formula is C12H13BrN4. The molecule has 2 rings (SSSR count). The van der Waals surface area contributed by atoms with E-state index in [0.717, 1.165) is 28.7 Å². The molecule has 2 N–H and O–H groups in total. The van der Waals surface area contributed by atoms with Crippen molar-refractivity contribution in [3.8, 4) is 11.5 Å². The maximum Gasteiger partial charge on any atom is 0.181 e. The summed E-state index contributed by atoms with van der Waals surface area (Å²) < 4.78 is 0.869. The van der Waals surface area contributed by atoms with Crippen LogP contribution in [0, 0.1) is 0 Å². The highest BCUT2D eigenvalue weighted by Crippen LogP contribution is 2.23. The number of pyridine rings is 1. The van der Waals surface area contributed by atoms with Crippen molar-refractivity contribution in [1.29, 1.82) is 0 Å². The molecule has 0 spiro atoms. The fourth-order valence-corrected chi connectivity index (χ4v) is 1.99. The van der Waals surface area contributed by atoms with E-state index in [9.17, 15) is 0 Å². The smallest absolute Gasteiger partial charge is 0.181 e. The minimum Gasteiger partial charge on any atom is -0.384 e. The predicted octanol–water partition coefficient (Wildman–Crippen LogP) is 2.84. The van der Waals surface area contributed by atoms with Crippen LogP contribution >= 0.6 is 15.9 Å². The topological polar surface area (TPSA) is 64.7 Å². The van der Waals surface area contributed by atoms with Crippen molar-refractivity contribution in [1.82, 2.24) is 15.0 Å². The second-order valence-corrected chi connectivity index (χ2v) is 4.55. The molecule has 2 heterocycles. The Hall–Kier alpha value is -1.49. The van der Waals surface area contributed by atoms with E-state index in [1.165, 1.54) is 0 Å². The zero-order valence-electron chi connectivity index (χ0n) is 9.52. The standard InChI is InChI=1S/C12H13BrN4/c1-2-4-8-7-10(14)17-12(16-8)11-9(13)5-3-6-15-11/h3,5-7H,2,4H2,1H3,(H2,14,16,17). The van der Waals surface area contributed by atoms with Crippen molar-refractivity contribution >= 4 is 21.7 Å². The molecule has 0 bridgehead atoms. The number of anilines is 1. The third-order valence-corrected chi connectivity index (χ3v) is 2.92. The molecule has 0 aromatic carbocycles. The van der Waals surface area contributed by atoms with Crippen LogP contribution < -0.4 is 5.73 Å². The molecule has 5 heteroatoms. The van der Waals surface area contributed by atoms with Gasteiger partial charge in [-0.15, -0.1) is 0 Å². The molecule has 0 atom stereocenters. The first-order chi connectivity index (χ1) is 8.20. The van der Waals surface area contributed by atoms with Crippen LogP contribution in [0.4, 0.5) is 5.82 Å². The Morgan fingerprint density at radius 1 is 1.35 bits per heavy atom. The van der Waals surface area contributed by atoms with Crippen LogP contribution in [0.2, 0.25) is 0 Å². The number of hydrogen-bond acceptors (Lipinski definition) is 4. The first-order valence-electron chi connectivity index (χ1n) is 5.45. The van der Waals surface area contributed by atoms with Crippen molar-refractivity contribution in [2.75, 3.05) is 5.73 Å². The Morgan fingerprint density at radius 3 is 2.88 bits per heavy atom. The maximum atomic E-state index is 5.78. The number of hydrogen-bond donors (Lipinski definition) is 1. The minimum atomic E-state index is 0.482. The molecule has 4 nitrogen and oxygen atoms in total. The van der Waals surface area contributed by atoms with Crippen LogP contribution in [0.3, 0.4) is 0 Å². The van der Waals surface area contributed by atoms with Crippen LogP contribution in [-0.2, 0) is 6.42 Å². The number of aryl methyl sites for hydroxylation is 1. The van der Waals surface area contributed by atoms with E-state index in [1.54, 1.807) is 6.20 Å². The molecule has 2 aromatic heterocycles. The molecule has 0 saturated carbocycles. The van der Waals surface area contributed by atoms with Crippen molar-refractivity contribution < 1.29 is 0 Å². The van der Waals surface area contributed by atoms with Gasteiger partial charge in [-0.1, -0.05) is 13.3 Å². The fourth-order valence-electron chi connectivity index (χ4n) is 1.56. The number of nitrogens with two attached hydrogens (primary N) is 1. The summed E-state index contributed by atoms with van der Waals surface area (Å²) in [5, 5.41) is 0. The SMILES string of the molecule is CCCc1cc(N)nc(-c2ncccc2Br)n1. The summed E-state index contributed by atoms with van der Waals surface area (Å²) in [6, 6.07) is 5.57. The van der Waals surface area contributed by atoms with Crippen LogP contribution in [0.25, 0.3) is 11.5 Å². The van der Waals surface area contributed by atoms with Crippen LogP contribution in [-0.4, -0.2) is 15.0 Å². The highest BCUT2D eigenvalue weighted by molar-refractivity contribution is 9.10. The number of nitrogens with zero attached hydrogens (tertiary/aromatic N) is 3. The Labute approximate surface area is 108 Å². The molecule has 0 aliphatic heterocycles. The molecule has 88 valence electrons. The third kappa shape index (κ3) is 2.79. The minimum absolute atomic E-state index is 0.482. The average Bonchev–Trinajstić information content (AvgIpc) is 2.29. The second-order valence-electron chi connectivity index (χ2n) is 3.69. The van der Waals surface area contributed by atoms with Gasteiger partial charge in [0.2, 0.25) is 0 Å². The van der Waals surface area contributed by atoms with E-state index in [2.05, 4.69) is 37.8 Å². The first kappa shape index (κ1) is 12.0. The van der Waals surface area contributed by atoms with Crippen LogP contribution in [0.5, 0.6) is 0 Å². The Balaban J connectivity index is 2.48. The molecule has 0 amide bonds. The van der Waals surface area contributed by atoms with Crippen LogP contribution in [0.1, 0.15) is 19.0 Å². The number of halogens is 1. The van der Waals surface area contributed by atoms with Crippen molar-refractivity contribution in [3.05, 3.63) is 34.6 Å². The van der Waals surface area contributed by atoms with Gasteiger partial charge in [-0.25, -0.2) is 9.97 Å². The van der Waals surface area contributed by atoms with E-state index >= 15 is 0 Å². The summed E-state index contributed by atoms with van der Waals surface area (Å²) in [7, 11) is 0. The highest BCUT2D eigenvalue weighted by Gasteiger charge is 2.09. The van der Waals surface area contributed by atoms with Crippen LogP contribution in [0.15, 0.2) is 28.9 Å².